The van der Waals surface area contributed by atoms with E-state index in [0.717, 1.165) is 10.9 Å². The van der Waals surface area contributed by atoms with Gasteiger partial charge in [-0.1, -0.05) is 13.8 Å². The topological polar surface area (TPSA) is 120 Å². The number of carbonyl (C=O) groups excluding carboxylic acids is 1. The van der Waals surface area contributed by atoms with Gasteiger partial charge in [0.05, 0.1) is 35.6 Å². The summed E-state index contributed by atoms with van der Waals surface area (Å²) in [4.78, 5) is 29.5. The monoisotopic (exact) mass is 424 g/mol. The standard InChI is InChI=1S/C20H14N2O7.C2H6/c23-5-11-8-2-15-16(29-7-28-15)3-13(8)21-17-10(11)4-22-14(17)1-9-12(19(22)25)6-27-20(26)18(9)24;1-2/h1-3,18,23-24H,4-7H2;1-2H3. The van der Waals surface area contributed by atoms with E-state index in [9.17, 15) is 19.8 Å². The summed E-state index contributed by atoms with van der Waals surface area (Å²) < 4.78 is 17.3. The fourth-order valence-electron chi connectivity index (χ4n) is 4.28. The number of rotatable bonds is 1. The molecule has 0 amide bonds. The van der Waals surface area contributed by atoms with Gasteiger partial charge in [-0.15, -0.1) is 0 Å². The summed E-state index contributed by atoms with van der Waals surface area (Å²) >= 11 is 0. The Labute approximate surface area is 176 Å². The molecule has 2 N–H and O–H groups in total. The zero-order chi connectivity index (χ0) is 21.9. The molecule has 9 nitrogen and oxygen atoms in total. The van der Waals surface area contributed by atoms with Gasteiger partial charge in [0.15, 0.2) is 17.6 Å². The predicted molar refractivity (Wildman–Crippen MR) is 109 cm³/mol. The maximum Gasteiger partial charge on any atom is 0.340 e. The van der Waals surface area contributed by atoms with Crippen molar-refractivity contribution in [2.75, 3.05) is 6.79 Å². The quantitative estimate of drug-likeness (QED) is 0.444. The molecule has 1 unspecified atom stereocenters. The molecule has 6 rings (SSSR count). The van der Waals surface area contributed by atoms with Gasteiger partial charge in [-0.05, 0) is 17.7 Å². The number of hydrogen-bond donors (Lipinski definition) is 2. The molecule has 5 heterocycles. The van der Waals surface area contributed by atoms with Gasteiger partial charge in [0.25, 0.3) is 5.56 Å². The molecule has 3 aromatic rings. The zero-order valence-electron chi connectivity index (χ0n) is 17.0. The van der Waals surface area contributed by atoms with Gasteiger partial charge in [-0.2, -0.15) is 0 Å². The number of fused-ring (bicyclic) bond motifs is 6. The van der Waals surface area contributed by atoms with Gasteiger partial charge in [0.2, 0.25) is 6.79 Å². The number of benzene rings is 1. The molecule has 0 fully saturated rings. The average Bonchev–Trinajstić information content (AvgIpc) is 3.39. The summed E-state index contributed by atoms with van der Waals surface area (Å²) in [6, 6.07) is 5.13. The fraction of sp³-hybridized carbons (Fsp3) is 0.318. The van der Waals surface area contributed by atoms with E-state index in [-0.39, 0.29) is 43.2 Å². The Morgan fingerprint density at radius 3 is 2.58 bits per heavy atom. The van der Waals surface area contributed by atoms with Crippen LogP contribution in [-0.2, 0) is 29.3 Å². The summed E-state index contributed by atoms with van der Waals surface area (Å²) in [5.74, 6) is 0.360. The SMILES string of the molecule is CC.O=C1OCc2c(cc3n(c2=O)Cc2c-3nc3cc4c(cc3c2CO)OCO4)C1O. The number of ether oxygens (including phenoxy) is 3. The predicted octanol–water partition coefficient (Wildman–Crippen LogP) is 1.76. The third kappa shape index (κ3) is 2.67. The molecule has 31 heavy (non-hydrogen) atoms. The molecule has 0 spiro atoms. The Morgan fingerprint density at radius 1 is 1.10 bits per heavy atom. The van der Waals surface area contributed by atoms with Gasteiger partial charge < -0.3 is 29.0 Å². The normalized spacial score (nSPS) is 17.4. The van der Waals surface area contributed by atoms with Crippen molar-refractivity contribution in [3.63, 3.8) is 0 Å². The number of hydrogen-bond acceptors (Lipinski definition) is 8. The molecule has 0 aliphatic carbocycles. The maximum absolute atomic E-state index is 13.0. The summed E-state index contributed by atoms with van der Waals surface area (Å²) in [5.41, 5.74) is 3.14. The fourth-order valence-corrected chi connectivity index (χ4v) is 4.28. The van der Waals surface area contributed by atoms with E-state index in [0.29, 0.717) is 34.0 Å². The van der Waals surface area contributed by atoms with Crippen molar-refractivity contribution in [3.05, 3.63) is 50.8 Å². The minimum absolute atomic E-state index is 0.123. The minimum Gasteiger partial charge on any atom is -0.458 e. The van der Waals surface area contributed by atoms with Crippen LogP contribution in [0, 0.1) is 0 Å². The van der Waals surface area contributed by atoms with Crippen molar-refractivity contribution < 1.29 is 29.2 Å². The second-order valence-electron chi connectivity index (χ2n) is 7.16. The van der Waals surface area contributed by atoms with Crippen LogP contribution >= 0.6 is 0 Å². The number of pyridine rings is 2. The third-order valence-electron chi connectivity index (χ3n) is 5.73. The van der Waals surface area contributed by atoms with Crippen LogP contribution in [-0.4, -0.2) is 32.5 Å². The molecule has 9 heteroatoms. The van der Waals surface area contributed by atoms with Crippen molar-refractivity contribution in [3.8, 4) is 22.9 Å². The van der Waals surface area contributed by atoms with Gasteiger partial charge in [0, 0.05) is 22.6 Å². The van der Waals surface area contributed by atoms with Crippen LogP contribution in [0.1, 0.15) is 42.2 Å². The van der Waals surface area contributed by atoms with E-state index >= 15 is 0 Å². The third-order valence-corrected chi connectivity index (χ3v) is 5.73. The molecule has 0 saturated carbocycles. The molecule has 2 aromatic heterocycles. The number of aromatic nitrogens is 2. The van der Waals surface area contributed by atoms with Gasteiger partial charge in [-0.3, -0.25) is 4.79 Å². The first-order chi connectivity index (χ1) is 15.1. The second kappa shape index (κ2) is 7.07. The number of nitrogens with zero attached hydrogens (tertiary/aromatic N) is 2. The average molecular weight is 424 g/mol. The number of esters is 1. The van der Waals surface area contributed by atoms with Crippen molar-refractivity contribution >= 4 is 16.9 Å². The Kier molecular flexibility index (Phi) is 4.45. The van der Waals surface area contributed by atoms with Crippen LogP contribution < -0.4 is 15.0 Å². The molecule has 1 aromatic carbocycles. The first-order valence-corrected chi connectivity index (χ1v) is 10.0. The summed E-state index contributed by atoms with van der Waals surface area (Å²) in [7, 11) is 0. The first-order valence-electron chi connectivity index (χ1n) is 10.0. The van der Waals surface area contributed by atoms with Gasteiger partial charge in [-0.25, -0.2) is 9.78 Å². The van der Waals surface area contributed by atoms with Crippen molar-refractivity contribution in [2.45, 2.75) is 39.7 Å². The summed E-state index contributed by atoms with van der Waals surface area (Å²) in [6.45, 7) is 3.93. The summed E-state index contributed by atoms with van der Waals surface area (Å²) in [5, 5.41) is 21.0. The van der Waals surface area contributed by atoms with Crippen LogP contribution in [0.4, 0.5) is 0 Å². The molecule has 160 valence electrons. The smallest absolute Gasteiger partial charge is 0.340 e. The van der Waals surface area contributed by atoms with E-state index in [2.05, 4.69) is 0 Å². The Balaban J connectivity index is 0.000000994. The first kappa shape index (κ1) is 19.5. The summed E-state index contributed by atoms with van der Waals surface area (Å²) in [6.07, 6.45) is -1.51. The highest BCUT2D eigenvalue weighted by Crippen LogP contribution is 2.42. The van der Waals surface area contributed by atoms with Crippen LogP contribution in [0.15, 0.2) is 23.0 Å². The van der Waals surface area contributed by atoms with Gasteiger partial charge in [0.1, 0.15) is 6.61 Å². The van der Waals surface area contributed by atoms with Gasteiger partial charge >= 0.3 is 5.97 Å². The number of aliphatic hydroxyl groups is 2. The van der Waals surface area contributed by atoms with E-state index in [1.165, 1.54) is 4.57 Å². The number of aliphatic hydroxyl groups excluding tert-OH is 2. The lowest BCUT2D eigenvalue weighted by atomic mass is 9.98. The number of carbonyl (C=O) groups is 1. The molecule has 0 bridgehead atoms. The van der Waals surface area contributed by atoms with Crippen molar-refractivity contribution in [1.82, 2.24) is 9.55 Å². The molecule has 0 radical (unpaired) electrons. The number of cyclic esters (lactones) is 1. The lowest BCUT2D eigenvalue weighted by molar-refractivity contribution is -0.157. The van der Waals surface area contributed by atoms with Crippen LogP contribution in [0.3, 0.4) is 0 Å². The molecular formula is C22H20N2O7. The largest absolute Gasteiger partial charge is 0.458 e. The highest BCUT2D eigenvalue weighted by atomic mass is 16.7. The van der Waals surface area contributed by atoms with Crippen LogP contribution in [0.25, 0.3) is 22.3 Å². The minimum atomic E-state index is -1.51. The molecule has 3 aliphatic heterocycles. The molecule has 3 aliphatic rings. The zero-order valence-corrected chi connectivity index (χ0v) is 17.0. The Hall–Kier alpha value is -3.43. The highest BCUT2D eigenvalue weighted by Gasteiger charge is 2.34. The van der Waals surface area contributed by atoms with E-state index in [1.54, 1.807) is 18.2 Å². The van der Waals surface area contributed by atoms with E-state index < -0.39 is 12.1 Å². The lowest BCUT2D eigenvalue weighted by Crippen LogP contribution is -2.32. The van der Waals surface area contributed by atoms with Crippen molar-refractivity contribution in [1.29, 1.82) is 0 Å². The Bertz CT molecular complexity index is 1310. The second-order valence-corrected chi connectivity index (χ2v) is 7.16. The highest BCUT2D eigenvalue weighted by molar-refractivity contribution is 5.91. The lowest BCUT2D eigenvalue weighted by Gasteiger charge is -2.21. The van der Waals surface area contributed by atoms with Crippen molar-refractivity contribution in [2.24, 2.45) is 0 Å². The van der Waals surface area contributed by atoms with Crippen LogP contribution in [0.2, 0.25) is 0 Å². The van der Waals surface area contributed by atoms with Crippen LogP contribution in [0.5, 0.6) is 11.5 Å². The van der Waals surface area contributed by atoms with E-state index in [4.69, 9.17) is 19.2 Å². The van der Waals surface area contributed by atoms with E-state index in [1.807, 2.05) is 13.8 Å². The Morgan fingerprint density at radius 2 is 1.84 bits per heavy atom. The molecular weight excluding hydrogens is 404 g/mol. The molecule has 0 saturated heterocycles. The maximum atomic E-state index is 13.0. The molecule has 1 atom stereocenters.